The third kappa shape index (κ3) is 5.71. The smallest absolute Gasteiger partial charge is 0.213 e. The van der Waals surface area contributed by atoms with E-state index in [-0.39, 0.29) is 5.91 Å². The van der Waals surface area contributed by atoms with Gasteiger partial charge in [-0.1, -0.05) is 11.4 Å². The molecule has 0 saturated heterocycles. The van der Waals surface area contributed by atoms with Crippen LogP contribution in [0.15, 0.2) is 24.6 Å². The van der Waals surface area contributed by atoms with Gasteiger partial charge in [-0.2, -0.15) is 0 Å². The van der Waals surface area contributed by atoms with Crippen LogP contribution < -0.4 is 0 Å². The van der Waals surface area contributed by atoms with Crippen molar-refractivity contribution in [3.8, 4) is 0 Å². The Hall–Kier alpha value is 0.0506. The van der Waals surface area contributed by atoms with Crippen molar-refractivity contribution in [1.29, 1.82) is 0 Å². The van der Waals surface area contributed by atoms with Crippen LogP contribution >= 0.6 is 0 Å². The third-order valence-electron chi connectivity index (χ3n) is 1.92. The van der Waals surface area contributed by atoms with Crippen molar-refractivity contribution in [2.75, 3.05) is 0 Å². The van der Waals surface area contributed by atoms with Gasteiger partial charge in [-0.15, -0.1) is 13.2 Å². The number of hydrogen-bond donors (Lipinski definition) is 0. The Kier molecular flexibility index (Phi) is 5.24. The quantitative estimate of drug-likeness (QED) is 0.523. The summed E-state index contributed by atoms with van der Waals surface area (Å²) < 4.78 is 11.7. The fourth-order valence-corrected chi connectivity index (χ4v) is 6.72. The summed E-state index contributed by atoms with van der Waals surface area (Å²) in [7, 11) is -2.49. The van der Waals surface area contributed by atoms with Gasteiger partial charge in [0, 0.05) is 0 Å². The van der Waals surface area contributed by atoms with Gasteiger partial charge in [0.05, 0.1) is 10.2 Å². The Labute approximate surface area is 92.7 Å². The highest BCUT2D eigenvalue weighted by molar-refractivity contribution is 6.77. The van der Waals surface area contributed by atoms with Gasteiger partial charge < -0.3 is 8.85 Å². The minimum Gasteiger partial charge on any atom is -0.394 e. The number of hydrogen-bond acceptors (Lipinski definition) is 2. The normalized spacial score (nSPS) is 13.2. The average molecular weight is 247 g/mol. The molecular weight excluding hydrogens is 224 g/mol. The molecule has 0 aliphatic heterocycles. The maximum atomic E-state index is 5.87. The SMILES string of the molecule is C=C[Si](C)(C)OC([SiH3])O[Si](C)(C)C=C. The summed E-state index contributed by atoms with van der Waals surface area (Å²) in [5.74, 6) is -0.0191. The van der Waals surface area contributed by atoms with E-state index in [1.807, 2.05) is 11.4 Å². The summed E-state index contributed by atoms with van der Waals surface area (Å²) in [5, 5.41) is 0. The van der Waals surface area contributed by atoms with E-state index in [2.05, 4.69) is 39.3 Å². The maximum Gasteiger partial charge on any atom is 0.213 e. The van der Waals surface area contributed by atoms with Gasteiger partial charge in [0.25, 0.3) is 0 Å². The predicted molar refractivity (Wildman–Crippen MR) is 71.3 cm³/mol. The van der Waals surface area contributed by atoms with E-state index >= 15 is 0 Å². The largest absolute Gasteiger partial charge is 0.394 e. The molecule has 0 spiro atoms. The molecule has 0 bridgehead atoms. The summed E-state index contributed by atoms with van der Waals surface area (Å²) in [4.78, 5) is 0. The molecule has 0 amide bonds. The van der Waals surface area contributed by atoms with E-state index in [4.69, 9.17) is 8.85 Å². The summed E-state index contributed by atoms with van der Waals surface area (Å²) in [6.45, 7) is 16.1. The minimum absolute atomic E-state index is 0.0191. The molecule has 5 heteroatoms. The average Bonchev–Trinajstić information content (AvgIpc) is 2.02. The monoisotopic (exact) mass is 246 g/mol. The molecule has 0 aromatic rings. The molecule has 0 unspecified atom stereocenters. The zero-order valence-corrected chi connectivity index (χ0v) is 14.0. The van der Waals surface area contributed by atoms with Crippen LogP contribution in [0.2, 0.25) is 26.2 Å². The van der Waals surface area contributed by atoms with Crippen LogP contribution in [0, 0.1) is 0 Å². The van der Waals surface area contributed by atoms with Gasteiger partial charge in [-0.25, -0.2) is 0 Å². The van der Waals surface area contributed by atoms with Crippen molar-refractivity contribution in [1.82, 2.24) is 0 Å². The van der Waals surface area contributed by atoms with Crippen LogP contribution in [0.3, 0.4) is 0 Å². The van der Waals surface area contributed by atoms with Crippen LogP contribution in [0.1, 0.15) is 0 Å². The molecule has 0 rings (SSSR count). The van der Waals surface area contributed by atoms with Crippen LogP contribution in [0.5, 0.6) is 0 Å². The van der Waals surface area contributed by atoms with Crippen molar-refractivity contribution >= 4 is 26.9 Å². The van der Waals surface area contributed by atoms with Gasteiger partial charge in [0.2, 0.25) is 16.6 Å². The fourth-order valence-electron chi connectivity index (χ4n) is 0.976. The molecule has 0 saturated carbocycles. The second kappa shape index (κ2) is 5.22. The first-order valence-corrected chi connectivity index (χ1v) is 12.0. The Bertz CT molecular complexity index is 192. The topological polar surface area (TPSA) is 18.5 Å². The molecule has 0 atom stereocenters. The van der Waals surface area contributed by atoms with E-state index in [9.17, 15) is 0 Å². The van der Waals surface area contributed by atoms with Gasteiger partial charge >= 0.3 is 0 Å². The van der Waals surface area contributed by atoms with Gasteiger partial charge in [0.1, 0.15) is 5.91 Å². The van der Waals surface area contributed by atoms with E-state index in [1.54, 1.807) is 0 Å². The van der Waals surface area contributed by atoms with Crippen LogP contribution in [-0.4, -0.2) is 32.8 Å². The summed E-state index contributed by atoms with van der Waals surface area (Å²) in [6.07, 6.45) is 0. The lowest BCUT2D eigenvalue weighted by molar-refractivity contribution is 0.0667. The second-order valence-corrected chi connectivity index (χ2v) is 13.1. The molecule has 0 aromatic heterocycles. The van der Waals surface area contributed by atoms with Crippen LogP contribution in [0.4, 0.5) is 0 Å². The van der Waals surface area contributed by atoms with Crippen molar-refractivity contribution in [2.45, 2.75) is 32.1 Å². The zero-order valence-electron chi connectivity index (χ0n) is 9.96. The Morgan fingerprint density at radius 1 is 1.00 bits per heavy atom. The van der Waals surface area contributed by atoms with Crippen LogP contribution in [-0.2, 0) is 8.85 Å². The molecule has 14 heavy (non-hydrogen) atoms. The highest BCUT2D eigenvalue weighted by Gasteiger charge is 2.26. The molecule has 0 aliphatic rings. The van der Waals surface area contributed by atoms with Crippen molar-refractivity contribution in [2.24, 2.45) is 0 Å². The first-order valence-electron chi connectivity index (χ1n) is 4.85. The Morgan fingerprint density at radius 2 is 1.29 bits per heavy atom. The van der Waals surface area contributed by atoms with E-state index in [0.717, 1.165) is 10.2 Å². The van der Waals surface area contributed by atoms with Crippen molar-refractivity contribution in [3.63, 3.8) is 0 Å². The fraction of sp³-hybridized carbons (Fsp3) is 0.556. The van der Waals surface area contributed by atoms with Crippen molar-refractivity contribution < 1.29 is 8.85 Å². The Balaban J connectivity index is 4.17. The highest BCUT2D eigenvalue weighted by Crippen LogP contribution is 2.13. The molecule has 0 radical (unpaired) electrons. The molecule has 0 N–H and O–H groups in total. The second-order valence-electron chi connectivity index (χ2n) is 4.42. The summed E-state index contributed by atoms with van der Waals surface area (Å²) in [5.41, 5.74) is 3.87. The van der Waals surface area contributed by atoms with E-state index < -0.39 is 16.6 Å². The van der Waals surface area contributed by atoms with Crippen molar-refractivity contribution in [3.05, 3.63) is 24.6 Å². The molecule has 2 nitrogen and oxygen atoms in total. The lowest BCUT2D eigenvalue weighted by atomic mass is 11.3. The number of rotatable bonds is 6. The molecule has 0 aliphatic carbocycles. The molecule has 0 heterocycles. The summed E-state index contributed by atoms with van der Waals surface area (Å²) >= 11 is 0. The van der Waals surface area contributed by atoms with Gasteiger partial charge in [-0.3, -0.25) is 0 Å². The lowest BCUT2D eigenvalue weighted by Gasteiger charge is -2.29. The van der Waals surface area contributed by atoms with Gasteiger partial charge in [0.15, 0.2) is 0 Å². The Morgan fingerprint density at radius 3 is 1.50 bits per heavy atom. The molecule has 0 fully saturated rings. The zero-order chi connectivity index (χ0) is 11.4. The first-order chi connectivity index (χ1) is 6.22. The third-order valence-corrected chi connectivity index (χ3v) is 7.18. The lowest BCUT2D eigenvalue weighted by Crippen LogP contribution is -2.41. The minimum atomic E-state index is -1.69. The summed E-state index contributed by atoms with van der Waals surface area (Å²) in [6, 6.07) is 0. The maximum absolute atomic E-state index is 5.87. The van der Waals surface area contributed by atoms with E-state index in [1.165, 1.54) is 0 Å². The highest BCUT2D eigenvalue weighted by atomic mass is 28.4. The first kappa shape index (κ1) is 14.1. The van der Waals surface area contributed by atoms with E-state index in [0.29, 0.717) is 0 Å². The molecular formula is C9H22O2Si3. The molecule has 0 aromatic carbocycles. The van der Waals surface area contributed by atoms with Crippen LogP contribution in [0.25, 0.3) is 0 Å². The van der Waals surface area contributed by atoms with Gasteiger partial charge in [-0.05, 0) is 26.2 Å². The molecule has 82 valence electrons. The standard InChI is InChI=1S/C9H22O2Si3/c1-7-13(3,4)10-9(12)11-14(5,6)8-2/h7-9H,1-2H2,3-6,12H3. The predicted octanol–water partition coefficient (Wildman–Crippen LogP) is 1.53.